The Hall–Kier alpha value is -3.07. The van der Waals surface area contributed by atoms with Gasteiger partial charge in [-0.3, -0.25) is 15.6 Å². The molecule has 0 aromatic heterocycles. The van der Waals surface area contributed by atoms with Crippen molar-refractivity contribution in [2.24, 2.45) is 0 Å². The molecule has 1 heterocycles. The number of benzene rings is 2. The Kier molecular flexibility index (Phi) is 5.92. The summed E-state index contributed by atoms with van der Waals surface area (Å²) in [4.78, 5) is 12.0. The summed E-state index contributed by atoms with van der Waals surface area (Å²) in [5.74, 6) is 0.990. The molecule has 0 aliphatic carbocycles. The molecule has 3 rings (SSSR count). The smallest absolute Gasteiger partial charge is 0.279 e. The Morgan fingerprint density at radius 1 is 1.19 bits per heavy atom. The summed E-state index contributed by atoms with van der Waals surface area (Å²) >= 11 is 5.13. The third-order valence-electron chi connectivity index (χ3n) is 3.69. The Bertz CT molecular complexity index is 832. The van der Waals surface area contributed by atoms with E-state index in [0.29, 0.717) is 23.8 Å². The van der Waals surface area contributed by atoms with Gasteiger partial charge in [0.1, 0.15) is 11.6 Å². The Morgan fingerprint density at radius 2 is 1.93 bits per heavy atom. The molecular formula is C18H18FN3O4S. The molecule has 0 fully saturated rings. The van der Waals surface area contributed by atoms with Crippen molar-refractivity contribution in [1.82, 2.24) is 16.2 Å². The van der Waals surface area contributed by atoms with E-state index in [9.17, 15) is 9.18 Å². The number of nitrogens with one attached hydrogen (secondary N) is 3. The maximum absolute atomic E-state index is 12.9. The monoisotopic (exact) mass is 391 g/mol. The summed E-state index contributed by atoms with van der Waals surface area (Å²) in [7, 11) is 0. The van der Waals surface area contributed by atoms with Crippen LogP contribution in [0.3, 0.4) is 0 Å². The quantitative estimate of drug-likeness (QED) is 0.531. The molecule has 2 aromatic carbocycles. The minimum Gasteiger partial charge on any atom is -0.481 e. The number of rotatable bonds is 5. The number of hydrogen-bond donors (Lipinski definition) is 3. The molecule has 1 amide bonds. The van der Waals surface area contributed by atoms with Gasteiger partial charge in [-0.1, -0.05) is 6.07 Å². The van der Waals surface area contributed by atoms with Gasteiger partial charge in [0, 0.05) is 6.54 Å². The van der Waals surface area contributed by atoms with Crippen LogP contribution in [-0.2, 0) is 11.3 Å². The topological polar surface area (TPSA) is 80.9 Å². The molecule has 0 bridgehead atoms. The Labute approximate surface area is 160 Å². The van der Waals surface area contributed by atoms with E-state index in [0.717, 1.165) is 5.56 Å². The van der Waals surface area contributed by atoms with Crippen LogP contribution in [0.1, 0.15) is 12.5 Å². The lowest BCUT2D eigenvalue weighted by atomic mass is 10.2. The average molecular weight is 391 g/mol. The van der Waals surface area contributed by atoms with Gasteiger partial charge in [0.15, 0.2) is 22.7 Å². The zero-order valence-corrected chi connectivity index (χ0v) is 15.3. The SMILES string of the molecule is C[C@H](Oc1ccc(F)cc1)C(=O)NNC(=S)NCc1ccc2c(c1)OCO2. The first-order valence-electron chi connectivity index (χ1n) is 8.16. The first-order valence-corrected chi connectivity index (χ1v) is 8.56. The summed E-state index contributed by atoms with van der Waals surface area (Å²) < 4.78 is 28.9. The van der Waals surface area contributed by atoms with Gasteiger partial charge >= 0.3 is 0 Å². The predicted octanol–water partition coefficient (Wildman–Crippen LogP) is 2.02. The lowest BCUT2D eigenvalue weighted by Crippen LogP contribution is -2.50. The average Bonchev–Trinajstić information content (AvgIpc) is 3.14. The molecule has 0 spiro atoms. The van der Waals surface area contributed by atoms with Gasteiger partial charge in [0.2, 0.25) is 6.79 Å². The van der Waals surface area contributed by atoms with Gasteiger partial charge in [-0.05, 0) is 61.1 Å². The normalized spacial score (nSPS) is 12.8. The van der Waals surface area contributed by atoms with Crippen LogP contribution < -0.4 is 30.4 Å². The molecule has 1 atom stereocenters. The second-order valence-corrected chi connectivity index (χ2v) is 6.11. The van der Waals surface area contributed by atoms with Gasteiger partial charge in [-0.25, -0.2) is 4.39 Å². The van der Waals surface area contributed by atoms with Crippen LogP contribution in [0.15, 0.2) is 42.5 Å². The van der Waals surface area contributed by atoms with Crippen molar-refractivity contribution >= 4 is 23.2 Å². The highest BCUT2D eigenvalue weighted by atomic mass is 32.1. The summed E-state index contributed by atoms with van der Waals surface area (Å²) in [5.41, 5.74) is 6.01. The second-order valence-electron chi connectivity index (χ2n) is 5.70. The Morgan fingerprint density at radius 3 is 2.70 bits per heavy atom. The van der Waals surface area contributed by atoms with E-state index in [2.05, 4.69) is 16.2 Å². The molecule has 9 heteroatoms. The lowest BCUT2D eigenvalue weighted by molar-refractivity contribution is -0.127. The number of carbonyl (C=O) groups excluding carboxylic acids is 1. The van der Waals surface area contributed by atoms with Crippen molar-refractivity contribution in [3.05, 3.63) is 53.8 Å². The minimum absolute atomic E-state index is 0.219. The molecule has 0 saturated carbocycles. The van der Waals surface area contributed by atoms with E-state index >= 15 is 0 Å². The third kappa shape index (κ3) is 5.20. The van der Waals surface area contributed by atoms with Crippen molar-refractivity contribution in [3.63, 3.8) is 0 Å². The lowest BCUT2D eigenvalue weighted by Gasteiger charge is -2.16. The number of fused-ring (bicyclic) bond motifs is 1. The van der Waals surface area contributed by atoms with Crippen LogP contribution in [-0.4, -0.2) is 23.9 Å². The van der Waals surface area contributed by atoms with Gasteiger partial charge in [0.25, 0.3) is 5.91 Å². The zero-order valence-electron chi connectivity index (χ0n) is 14.5. The first-order chi connectivity index (χ1) is 13.0. The number of ether oxygens (including phenoxy) is 3. The molecule has 1 aliphatic rings. The van der Waals surface area contributed by atoms with Gasteiger partial charge in [0.05, 0.1) is 0 Å². The molecule has 0 radical (unpaired) electrons. The summed E-state index contributed by atoms with van der Waals surface area (Å²) in [6.07, 6.45) is -0.792. The number of hydrogen-bond acceptors (Lipinski definition) is 5. The number of amides is 1. The molecular weight excluding hydrogens is 373 g/mol. The van der Waals surface area contributed by atoms with Crippen molar-refractivity contribution in [3.8, 4) is 17.2 Å². The summed E-state index contributed by atoms with van der Waals surface area (Å²) in [6.45, 7) is 2.24. The summed E-state index contributed by atoms with van der Waals surface area (Å²) in [6, 6.07) is 11.0. The predicted molar refractivity (Wildman–Crippen MR) is 99.8 cm³/mol. The van der Waals surface area contributed by atoms with E-state index in [1.807, 2.05) is 18.2 Å². The largest absolute Gasteiger partial charge is 0.481 e. The Balaban J connectivity index is 1.40. The van der Waals surface area contributed by atoms with Crippen LogP contribution >= 0.6 is 12.2 Å². The van der Waals surface area contributed by atoms with Crippen LogP contribution in [0.25, 0.3) is 0 Å². The first kappa shape index (κ1) is 18.7. The third-order valence-corrected chi connectivity index (χ3v) is 3.93. The maximum atomic E-state index is 12.9. The number of thiocarbonyl (C=S) groups is 1. The number of hydrazine groups is 1. The van der Waals surface area contributed by atoms with Crippen LogP contribution in [0.4, 0.5) is 4.39 Å². The molecule has 0 unspecified atom stereocenters. The zero-order chi connectivity index (χ0) is 19.2. The standard InChI is InChI=1S/C18H18FN3O4S/c1-11(26-14-5-3-13(19)4-6-14)17(23)21-22-18(27)20-9-12-2-7-15-16(8-12)25-10-24-15/h2-8,11H,9-10H2,1H3,(H,21,23)(H2,20,22,27)/t11-/m0/s1. The van der Waals surface area contributed by atoms with E-state index in [1.165, 1.54) is 24.3 Å². The van der Waals surface area contributed by atoms with Gasteiger partial charge in [-0.15, -0.1) is 0 Å². The van der Waals surface area contributed by atoms with Gasteiger partial charge < -0.3 is 19.5 Å². The number of halogens is 1. The minimum atomic E-state index is -0.792. The van der Waals surface area contributed by atoms with Crippen LogP contribution in [0, 0.1) is 5.82 Å². The van der Waals surface area contributed by atoms with Crippen molar-refractivity contribution in [1.29, 1.82) is 0 Å². The van der Waals surface area contributed by atoms with E-state index in [1.54, 1.807) is 6.92 Å². The maximum Gasteiger partial charge on any atom is 0.279 e. The van der Waals surface area contributed by atoms with Crippen molar-refractivity contribution < 1.29 is 23.4 Å². The van der Waals surface area contributed by atoms with Gasteiger partial charge in [-0.2, -0.15) is 0 Å². The fourth-order valence-corrected chi connectivity index (χ4v) is 2.39. The molecule has 142 valence electrons. The highest BCUT2D eigenvalue weighted by Gasteiger charge is 2.15. The highest BCUT2D eigenvalue weighted by molar-refractivity contribution is 7.80. The second kappa shape index (κ2) is 8.54. The van der Waals surface area contributed by atoms with Crippen molar-refractivity contribution in [2.75, 3.05) is 6.79 Å². The number of carbonyl (C=O) groups is 1. The van der Waals surface area contributed by atoms with Crippen molar-refractivity contribution in [2.45, 2.75) is 19.6 Å². The van der Waals surface area contributed by atoms with Crippen LogP contribution in [0.5, 0.6) is 17.2 Å². The fourth-order valence-electron chi connectivity index (χ4n) is 2.27. The summed E-state index contributed by atoms with van der Waals surface area (Å²) in [5, 5.41) is 3.21. The molecule has 0 saturated heterocycles. The molecule has 7 nitrogen and oxygen atoms in total. The van der Waals surface area contributed by atoms with E-state index in [4.69, 9.17) is 26.4 Å². The fraction of sp³-hybridized carbons (Fsp3) is 0.222. The molecule has 2 aromatic rings. The van der Waals surface area contributed by atoms with E-state index in [-0.39, 0.29) is 17.7 Å². The molecule has 27 heavy (non-hydrogen) atoms. The highest BCUT2D eigenvalue weighted by Crippen LogP contribution is 2.32. The van der Waals surface area contributed by atoms with E-state index < -0.39 is 12.0 Å². The molecule has 1 aliphatic heterocycles. The molecule has 3 N–H and O–H groups in total. The van der Waals surface area contributed by atoms with Crippen LogP contribution in [0.2, 0.25) is 0 Å².